The molecule has 14 heteroatoms. The molecule has 284 valence electrons. The molecule has 3 aliphatic rings. The van der Waals surface area contributed by atoms with Crippen LogP contribution in [-0.4, -0.2) is 85.5 Å². The monoisotopic (exact) mass is 741 g/mol. The Morgan fingerprint density at radius 1 is 1.21 bits per heavy atom. The lowest BCUT2D eigenvalue weighted by atomic mass is 9.69. The summed E-state index contributed by atoms with van der Waals surface area (Å²) >= 11 is 0. The molecular formula is C39H44F5N5O4. The number of allylic oxidation sites excluding steroid dienone is 2. The molecule has 6 rings (SSSR count). The van der Waals surface area contributed by atoms with Crippen LogP contribution in [0.1, 0.15) is 76.0 Å². The van der Waals surface area contributed by atoms with Crippen LogP contribution < -0.4 is 20.1 Å². The first-order valence-electron chi connectivity index (χ1n) is 18.0. The van der Waals surface area contributed by atoms with Crippen molar-refractivity contribution in [3.8, 4) is 18.4 Å². The molecule has 0 amide bonds. The van der Waals surface area contributed by atoms with E-state index in [1.807, 2.05) is 6.92 Å². The number of aliphatic hydroxyl groups excluding tert-OH is 2. The highest BCUT2D eigenvalue weighted by Crippen LogP contribution is 2.53. The number of terminal acetylenes is 1. The van der Waals surface area contributed by atoms with Gasteiger partial charge in [0.05, 0.1) is 23.3 Å². The van der Waals surface area contributed by atoms with E-state index < -0.39 is 30.1 Å². The second kappa shape index (κ2) is 15.2. The van der Waals surface area contributed by atoms with E-state index in [-0.39, 0.29) is 88.3 Å². The summed E-state index contributed by atoms with van der Waals surface area (Å²) in [5, 5.41) is 32.0. The summed E-state index contributed by atoms with van der Waals surface area (Å²) < 4.78 is 76.9. The number of aliphatic hydroxyl groups is 3. The molecule has 2 atom stereocenters. The standard InChI is InChI=1S/C39H44F5N5O4/c1-4-6-16-48(23-50)35-29-21-45-31(13-11-27(51)18-25-10-12-30(40)28(5-2)24(25)3)33(41)34(29)46-36(47-35)53-22-37-14-7-9-32(37)49(17-8-15-37)26-19-38(52,20-26)39(42,43)44/h2,10-12,18,21,26,32,50-52H,3-4,6-9,13-17,19-20,22-23H2,1H3/b25-18-,27-11+. The number of halogens is 5. The van der Waals surface area contributed by atoms with Crippen LogP contribution in [0.15, 0.2) is 30.2 Å². The van der Waals surface area contributed by atoms with E-state index in [9.17, 15) is 32.9 Å². The van der Waals surface area contributed by atoms with Gasteiger partial charge in [-0.2, -0.15) is 23.1 Å². The zero-order valence-corrected chi connectivity index (χ0v) is 29.6. The first-order chi connectivity index (χ1) is 25.2. The highest BCUT2D eigenvalue weighted by molar-refractivity contribution is 5.90. The van der Waals surface area contributed by atoms with Gasteiger partial charge in [-0.25, -0.2) is 8.78 Å². The molecule has 1 aromatic carbocycles. The highest BCUT2D eigenvalue weighted by Gasteiger charge is 2.64. The molecule has 0 spiro atoms. The van der Waals surface area contributed by atoms with Crippen LogP contribution in [-0.2, 0) is 6.42 Å². The number of anilines is 1. The molecule has 3 aromatic rings. The van der Waals surface area contributed by atoms with Crippen molar-refractivity contribution < 1.29 is 42.0 Å². The molecule has 2 aliphatic carbocycles. The van der Waals surface area contributed by atoms with Gasteiger partial charge in [0.25, 0.3) is 0 Å². The van der Waals surface area contributed by atoms with E-state index in [0.717, 1.165) is 38.5 Å². The number of hydrogen-bond donors (Lipinski definition) is 3. The molecule has 3 heterocycles. The SMILES string of the molecule is C#Cc1c(F)cc/c(=C/C(O)=C\Cc2ncc3c(N(CO)CCCC)nc(OCC45CCCC4N(C4CC(O)(C(F)(F)F)C4)CCC5)nc3c2F)c1=C. The smallest absolute Gasteiger partial charge is 0.417 e. The maximum absolute atomic E-state index is 16.3. The molecule has 1 aliphatic heterocycles. The van der Waals surface area contributed by atoms with Gasteiger partial charge in [0.2, 0.25) is 0 Å². The molecule has 9 nitrogen and oxygen atoms in total. The number of piperidine rings is 1. The fraction of sp³-hybridized carbons (Fsp3) is 0.513. The number of likely N-dealkylation sites (tertiary alicyclic amines) is 1. The number of aromatic nitrogens is 3. The summed E-state index contributed by atoms with van der Waals surface area (Å²) in [5.41, 5.74) is -3.20. The molecule has 2 unspecified atom stereocenters. The van der Waals surface area contributed by atoms with E-state index in [2.05, 4.69) is 32.4 Å². The van der Waals surface area contributed by atoms with Crippen LogP contribution in [0.25, 0.3) is 23.6 Å². The molecular weight excluding hydrogens is 697 g/mol. The van der Waals surface area contributed by atoms with Gasteiger partial charge in [-0.15, -0.1) is 6.42 Å². The Morgan fingerprint density at radius 2 is 1.96 bits per heavy atom. The van der Waals surface area contributed by atoms with Gasteiger partial charge < -0.3 is 25.0 Å². The summed E-state index contributed by atoms with van der Waals surface area (Å²) in [4.78, 5) is 17.1. The number of pyridine rings is 1. The number of benzene rings is 1. The van der Waals surface area contributed by atoms with Gasteiger partial charge in [0, 0.05) is 49.5 Å². The summed E-state index contributed by atoms with van der Waals surface area (Å²) in [6, 6.07) is 2.05. The lowest BCUT2D eigenvalue weighted by Crippen LogP contribution is -2.66. The van der Waals surface area contributed by atoms with Crippen molar-refractivity contribution in [3.63, 3.8) is 0 Å². The molecule has 2 aromatic heterocycles. The minimum atomic E-state index is -4.67. The Labute approximate surface area is 304 Å². The minimum Gasteiger partial charge on any atom is -0.508 e. The first kappa shape index (κ1) is 38.4. The Hall–Kier alpha value is -4.32. The van der Waals surface area contributed by atoms with Gasteiger partial charge in [-0.1, -0.05) is 38.3 Å². The Morgan fingerprint density at radius 3 is 2.66 bits per heavy atom. The number of alkyl halides is 3. The van der Waals surface area contributed by atoms with Crippen molar-refractivity contribution in [3.05, 3.63) is 63.5 Å². The average molecular weight is 742 g/mol. The molecule has 3 fully saturated rings. The Bertz CT molecular complexity index is 2030. The van der Waals surface area contributed by atoms with Crippen molar-refractivity contribution in [1.82, 2.24) is 19.9 Å². The molecule has 53 heavy (non-hydrogen) atoms. The number of fused-ring (bicyclic) bond motifs is 2. The third kappa shape index (κ3) is 7.43. The lowest BCUT2D eigenvalue weighted by Gasteiger charge is -2.55. The molecule has 3 N–H and O–H groups in total. The van der Waals surface area contributed by atoms with Crippen LogP contribution in [0.5, 0.6) is 6.01 Å². The maximum Gasteiger partial charge on any atom is 0.417 e. The van der Waals surface area contributed by atoms with Crippen molar-refractivity contribution in [1.29, 1.82) is 0 Å². The van der Waals surface area contributed by atoms with Crippen molar-refractivity contribution in [2.45, 2.75) is 95.0 Å². The zero-order chi connectivity index (χ0) is 38.1. The maximum atomic E-state index is 16.3. The molecule has 2 saturated carbocycles. The second-order valence-electron chi connectivity index (χ2n) is 14.5. The van der Waals surface area contributed by atoms with Gasteiger partial charge >= 0.3 is 12.2 Å². The van der Waals surface area contributed by atoms with Crippen LogP contribution >= 0.6 is 0 Å². The average Bonchev–Trinajstić information content (AvgIpc) is 3.55. The second-order valence-corrected chi connectivity index (χ2v) is 14.5. The van der Waals surface area contributed by atoms with Gasteiger partial charge in [-0.3, -0.25) is 9.88 Å². The number of ether oxygens (including phenoxy) is 1. The van der Waals surface area contributed by atoms with Gasteiger partial charge in [0.15, 0.2) is 11.4 Å². The number of nitrogens with zero attached hydrogens (tertiary/aromatic N) is 5. The van der Waals surface area contributed by atoms with Crippen LogP contribution in [0.3, 0.4) is 0 Å². The summed E-state index contributed by atoms with van der Waals surface area (Å²) in [6.07, 6.45) is 9.48. The number of hydrogen-bond acceptors (Lipinski definition) is 9. The fourth-order valence-electron chi connectivity index (χ4n) is 8.22. The highest BCUT2D eigenvalue weighted by atomic mass is 19.4. The lowest BCUT2D eigenvalue weighted by molar-refractivity contribution is -0.303. The summed E-state index contributed by atoms with van der Waals surface area (Å²) in [6.45, 7) is 6.60. The third-order valence-corrected chi connectivity index (χ3v) is 11.2. The normalized spacial score (nSPS) is 25.3. The quantitative estimate of drug-likeness (QED) is 0.100. The van der Waals surface area contributed by atoms with Crippen molar-refractivity contribution in [2.75, 3.05) is 31.3 Å². The van der Waals surface area contributed by atoms with E-state index in [1.165, 1.54) is 30.5 Å². The van der Waals surface area contributed by atoms with Gasteiger partial charge in [0.1, 0.15) is 29.6 Å². The predicted molar refractivity (Wildman–Crippen MR) is 190 cm³/mol. The van der Waals surface area contributed by atoms with E-state index in [1.54, 1.807) is 4.90 Å². The number of rotatable bonds is 12. The van der Waals surface area contributed by atoms with Crippen LogP contribution in [0.4, 0.5) is 27.8 Å². The van der Waals surface area contributed by atoms with Crippen LogP contribution in [0.2, 0.25) is 0 Å². The van der Waals surface area contributed by atoms with E-state index in [0.29, 0.717) is 24.7 Å². The predicted octanol–water partition coefficient (Wildman–Crippen LogP) is 5.19. The topological polar surface area (TPSA) is 115 Å². The van der Waals surface area contributed by atoms with Crippen molar-refractivity contribution in [2.24, 2.45) is 5.41 Å². The Balaban J connectivity index is 1.29. The summed E-state index contributed by atoms with van der Waals surface area (Å²) in [5.74, 6) is 0.848. The first-order valence-corrected chi connectivity index (χ1v) is 18.0. The van der Waals surface area contributed by atoms with Gasteiger partial charge in [-0.05, 0) is 67.3 Å². The van der Waals surface area contributed by atoms with Crippen molar-refractivity contribution >= 4 is 29.4 Å². The molecule has 0 bridgehead atoms. The zero-order valence-electron chi connectivity index (χ0n) is 29.6. The molecule has 0 radical (unpaired) electrons. The molecule has 1 saturated heterocycles. The van der Waals surface area contributed by atoms with Crippen LogP contribution in [0, 0.1) is 29.4 Å². The summed E-state index contributed by atoms with van der Waals surface area (Å²) in [7, 11) is 0. The largest absolute Gasteiger partial charge is 0.508 e. The minimum absolute atomic E-state index is 0.0286. The third-order valence-electron chi connectivity index (χ3n) is 11.2. The Kier molecular flexibility index (Phi) is 11.0. The fourth-order valence-corrected chi connectivity index (χ4v) is 8.22. The van der Waals surface area contributed by atoms with E-state index >= 15 is 4.39 Å². The van der Waals surface area contributed by atoms with E-state index in [4.69, 9.17) is 11.2 Å². The number of unbranched alkanes of at least 4 members (excludes halogenated alkanes) is 1.